The Labute approximate surface area is 162 Å². The summed E-state index contributed by atoms with van der Waals surface area (Å²) < 4.78 is 5.28. The molecule has 3 aromatic rings. The van der Waals surface area contributed by atoms with Crippen molar-refractivity contribution in [2.24, 2.45) is 0 Å². The minimum absolute atomic E-state index is 0.000198. The summed E-state index contributed by atoms with van der Waals surface area (Å²) in [5.41, 5.74) is 3.37. The molecule has 0 spiro atoms. The van der Waals surface area contributed by atoms with Crippen molar-refractivity contribution in [1.82, 2.24) is 4.98 Å². The van der Waals surface area contributed by atoms with Gasteiger partial charge >= 0.3 is 5.97 Å². The van der Waals surface area contributed by atoms with Crippen molar-refractivity contribution >= 4 is 16.7 Å². The summed E-state index contributed by atoms with van der Waals surface area (Å²) in [6, 6.07) is 12.3. The van der Waals surface area contributed by atoms with Crippen LogP contribution in [-0.2, 0) is 5.41 Å². The molecule has 142 valence electrons. The van der Waals surface area contributed by atoms with Crippen molar-refractivity contribution in [2.45, 2.75) is 38.6 Å². The molecule has 0 fully saturated rings. The topological polar surface area (TPSA) is 106 Å². The third kappa shape index (κ3) is 2.60. The SMILES string of the molecule is CCC(O)(O)Oc1ccc2c(c1)C(C)(C)c1[nH]c3cc(C#N)ccc3c1C2=O. The van der Waals surface area contributed by atoms with Crippen molar-refractivity contribution in [2.75, 3.05) is 0 Å². The average molecular weight is 376 g/mol. The average Bonchev–Trinajstić information content (AvgIpc) is 3.06. The van der Waals surface area contributed by atoms with E-state index in [-0.39, 0.29) is 18.0 Å². The fourth-order valence-corrected chi connectivity index (χ4v) is 3.80. The van der Waals surface area contributed by atoms with E-state index in [1.165, 1.54) is 0 Å². The number of ether oxygens (including phenoxy) is 1. The lowest BCUT2D eigenvalue weighted by atomic mass is 9.71. The number of aromatic nitrogens is 1. The Morgan fingerprint density at radius 2 is 1.96 bits per heavy atom. The van der Waals surface area contributed by atoms with Crippen LogP contribution in [0, 0.1) is 11.3 Å². The Kier molecular flexibility index (Phi) is 3.86. The van der Waals surface area contributed by atoms with E-state index in [9.17, 15) is 15.0 Å². The number of hydrogen-bond acceptors (Lipinski definition) is 5. The molecule has 0 saturated carbocycles. The van der Waals surface area contributed by atoms with Crippen molar-refractivity contribution in [3.05, 3.63) is 64.3 Å². The number of nitriles is 1. The highest BCUT2D eigenvalue weighted by Gasteiger charge is 2.40. The van der Waals surface area contributed by atoms with Gasteiger partial charge in [0.25, 0.3) is 0 Å². The standard InChI is InChI=1S/C22H20N2O4/c1-4-22(26,27)28-13-6-8-14-16(10-13)21(2,3)20-18(19(14)25)15-7-5-12(11-23)9-17(15)24-20/h5-10,24,26-27H,4H2,1-3H3. The van der Waals surface area contributed by atoms with E-state index in [2.05, 4.69) is 11.1 Å². The summed E-state index contributed by atoms with van der Waals surface area (Å²) in [6.45, 7) is 5.58. The fraction of sp³-hybridized carbons (Fsp3) is 0.273. The molecule has 1 heterocycles. The highest BCUT2D eigenvalue weighted by molar-refractivity contribution is 6.20. The van der Waals surface area contributed by atoms with E-state index in [1.54, 1.807) is 43.3 Å². The third-order valence-corrected chi connectivity index (χ3v) is 5.43. The summed E-state index contributed by atoms with van der Waals surface area (Å²) in [7, 11) is 0. The fourth-order valence-electron chi connectivity index (χ4n) is 3.80. The molecule has 0 atom stereocenters. The zero-order valence-electron chi connectivity index (χ0n) is 15.8. The van der Waals surface area contributed by atoms with Gasteiger partial charge in [-0.25, -0.2) is 0 Å². The highest BCUT2D eigenvalue weighted by atomic mass is 16.8. The maximum absolute atomic E-state index is 13.3. The molecule has 0 amide bonds. The van der Waals surface area contributed by atoms with Crippen LogP contribution >= 0.6 is 0 Å². The molecule has 4 rings (SSSR count). The molecule has 3 N–H and O–H groups in total. The molecule has 0 bridgehead atoms. The normalized spacial score (nSPS) is 15.1. The van der Waals surface area contributed by atoms with Crippen LogP contribution in [0.3, 0.4) is 0 Å². The molecule has 1 aliphatic carbocycles. The number of fused-ring (bicyclic) bond motifs is 4. The van der Waals surface area contributed by atoms with Crippen LogP contribution in [0.25, 0.3) is 10.9 Å². The van der Waals surface area contributed by atoms with E-state index in [4.69, 9.17) is 10.00 Å². The summed E-state index contributed by atoms with van der Waals surface area (Å²) in [5.74, 6) is -2.10. The van der Waals surface area contributed by atoms with Crippen LogP contribution in [0.1, 0.15) is 59.9 Å². The number of nitrogens with one attached hydrogen (secondary N) is 1. The van der Waals surface area contributed by atoms with Crippen LogP contribution in [0.5, 0.6) is 5.75 Å². The number of carbonyl (C=O) groups excluding carboxylic acids is 1. The summed E-state index contributed by atoms with van der Waals surface area (Å²) in [6.07, 6.45) is -0.000198. The Hall–Kier alpha value is -3.14. The largest absolute Gasteiger partial charge is 0.439 e. The number of hydrogen-bond donors (Lipinski definition) is 3. The molecule has 0 radical (unpaired) electrons. The molecule has 0 saturated heterocycles. The molecule has 0 unspecified atom stereocenters. The monoisotopic (exact) mass is 376 g/mol. The quantitative estimate of drug-likeness (QED) is 0.608. The van der Waals surface area contributed by atoms with Gasteiger partial charge in [0.1, 0.15) is 5.75 Å². The third-order valence-electron chi connectivity index (χ3n) is 5.43. The number of aromatic amines is 1. The lowest BCUT2D eigenvalue weighted by Gasteiger charge is -2.33. The van der Waals surface area contributed by atoms with Crippen molar-refractivity contribution in [1.29, 1.82) is 5.26 Å². The Morgan fingerprint density at radius 3 is 2.64 bits per heavy atom. The van der Waals surface area contributed by atoms with E-state index >= 15 is 0 Å². The van der Waals surface area contributed by atoms with Gasteiger partial charge < -0.3 is 19.9 Å². The summed E-state index contributed by atoms with van der Waals surface area (Å²) in [5, 5.41) is 29.5. The van der Waals surface area contributed by atoms with Gasteiger partial charge in [-0.1, -0.05) is 26.8 Å². The molecule has 2 aromatic carbocycles. The van der Waals surface area contributed by atoms with Gasteiger partial charge in [0, 0.05) is 34.0 Å². The number of benzene rings is 2. The van der Waals surface area contributed by atoms with E-state index in [1.807, 2.05) is 13.8 Å². The zero-order valence-corrected chi connectivity index (χ0v) is 15.8. The molecule has 6 nitrogen and oxygen atoms in total. The second-order valence-electron chi connectivity index (χ2n) is 7.61. The number of H-pyrrole nitrogens is 1. The molecule has 28 heavy (non-hydrogen) atoms. The van der Waals surface area contributed by atoms with Crippen molar-refractivity contribution < 1.29 is 19.7 Å². The number of carbonyl (C=O) groups is 1. The summed E-state index contributed by atoms with van der Waals surface area (Å²) in [4.78, 5) is 16.6. The van der Waals surface area contributed by atoms with Crippen LogP contribution in [0.2, 0.25) is 0 Å². The Bertz CT molecular complexity index is 1170. The smallest absolute Gasteiger partial charge is 0.321 e. The van der Waals surface area contributed by atoms with Gasteiger partial charge in [-0.05, 0) is 35.9 Å². The number of nitrogens with zero attached hydrogens (tertiary/aromatic N) is 1. The second kappa shape index (κ2) is 5.93. The van der Waals surface area contributed by atoms with Crippen LogP contribution in [-0.4, -0.2) is 27.0 Å². The van der Waals surface area contributed by atoms with Gasteiger partial charge in [0.2, 0.25) is 0 Å². The van der Waals surface area contributed by atoms with Crippen LogP contribution in [0.4, 0.5) is 0 Å². The first-order valence-corrected chi connectivity index (χ1v) is 9.07. The zero-order chi connectivity index (χ0) is 20.3. The molecule has 1 aliphatic rings. The maximum atomic E-state index is 13.3. The van der Waals surface area contributed by atoms with Gasteiger partial charge in [-0.3, -0.25) is 4.79 Å². The first-order valence-electron chi connectivity index (χ1n) is 9.07. The van der Waals surface area contributed by atoms with E-state index in [0.29, 0.717) is 16.7 Å². The van der Waals surface area contributed by atoms with Crippen molar-refractivity contribution in [3.8, 4) is 11.8 Å². The molecular weight excluding hydrogens is 356 g/mol. The lowest BCUT2D eigenvalue weighted by molar-refractivity contribution is -0.292. The number of aliphatic hydroxyl groups is 2. The predicted molar refractivity (Wildman–Crippen MR) is 103 cm³/mol. The van der Waals surface area contributed by atoms with E-state index in [0.717, 1.165) is 22.2 Å². The maximum Gasteiger partial charge on any atom is 0.321 e. The van der Waals surface area contributed by atoms with Gasteiger partial charge in [0.05, 0.1) is 17.2 Å². The van der Waals surface area contributed by atoms with Gasteiger partial charge in [-0.15, -0.1) is 0 Å². The first-order chi connectivity index (χ1) is 13.2. The predicted octanol–water partition coefficient (Wildman–Crippen LogP) is 3.34. The minimum Gasteiger partial charge on any atom is -0.439 e. The summed E-state index contributed by atoms with van der Waals surface area (Å²) >= 11 is 0. The first kappa shape index (κ1) is 18.2. The number of ketones is 1. The Balaban J connectivity index is 1.90. The van der Waals surface area contributed by atoms with Crippen LogP contribution in [0.15, 0.2) is 36.4 Å². The molecule has 0 aliphatic heterocycles. The molecule has 1 aromatic heterocycles. The molecule has 6 heteroatoms. The van der Waals surface area contributed by atoms with E-state index < -0.39 is 11.4 Å². The number of rotatable bonds is 3. The Morgan fingerprint density at radius 1 is 1.21 bits per heavy atom. The molecular formula is C22H20N2O4. The van der Waals surface area contributed by atoms with Gasteiger partial charge in [0.15, 0.2) is 5.78 Å². The lowest BCUT2D eigenvalue weighted by Crippen LogP contribution is -2.35. The van der Waals surface area contributed by atoms with Gasteiger partial charge in [-0.2, -0.15) is 5.26 Å². The second-order valence-corrected chi connectivity index (χ2v) is 7.61. The van der Waals surface area contributed by atoms with Crippen molar-refractivity contribution in [3.63, 3.8) is 0 Å². The highest BCUT2D eigenvalue weighted by Crippen LogP contribution is 2.44. The van der Waals surface area contributed by atoms with Crippen LogP contribution < -0.4 is 4.74 Å². The minimum atomic E-state index is -2.27.